The van der Waals surface area contributed by atoms with Gasteiger partial charge in [-0.05, 0) is 24.6 Å². The number of hydrogen-bond donors (Lipinski definition) is 2. The van der Waals surface area contributed by atoms with Crippen molar-refractivity contribution in [3.8, 4) is 0 Å². The van der Waals surface area contributed by atoms with E-state index in [9.17, 15) is 4.79 Å². The van der Waals surface area contributed by atoms with E-state index in [-0.39, 0.29) is 11.9 Å². The van der Waals surface area contributed by atoms with Gasteiger partial charge < -0.3 is 11.1 Å². The van der Waals surface area contributed by atoms with E-state index in [1.54, 1.807) is 18.2 Å². The summed E-state index contributed by atoms with van der Waals surface area (Å²) in [5.74, 6) is -0.228. The molecule has 1 aromatic rings. The second kappa shape index (κ2) is 7.62. The van der Waals surface area contributed by atoms with Crippen molar-refractivity contribution in [2.24, 2.45) is 5.73 Å². The van der Waals surface area contributed by atoms with Crippen LogP contribution in [-0.2, 0) is 0 Å². The third kappa shape index (κ3) is 4.48. The quantitative estimate of drug-likeness (QED) is 0.844. The average Bonchev–Trinajstić information content (AvgIpc) is 2.37. The number of carbonyl (C=O) groups excluding carboxylic acids is 1. The number of benzene rings is 1. The highest BCUT2D eigenvalue weighted by molar-refractivity contribution is 6.35. The molecule has 0 bridgehead atoms. The lowest BCUT2D eigenvalue weighted by Gasteiger charge is -2.17. The van der Waals surface area contributed by atoms with Crippen LogP contribution in [0.4, 0.5) is 0 Å². The number of rotatable bonds is 6. The molecule has 1 rings (SSSR count). The van der Waals surface area contributed by atoms with E-state index in [0.29, 0.717) is 22.2 Å². The molecule has 0 spiro atoms. The first-order valence-corrected chi connectivity index (χ1v) is 6.80. The molecule has 1 amide bonds. The maximum absolute atomic E-state index is 12.0. The van der Waals surface area contributed by atoms with Crippen molar-refractivity contribution in [1.82, 2.24) is 5.32 Å². The molecule has 0 aliphatic rings. The van der Waals surface area contributed by atoms with Gasteiger partial charge >= 0.3 is 0 Å². The Bertz CT molecular complexity index is 410. The number of hydrogen-bond acceptors (Lipinski definition) is 2. The molecule has 0 aliphatic heterocycles. The molecule has 18 heavy (non-hydrogen) atoms. The Kier molecular flexibility index (Phi) is 6.47. The van der Waals surface area contributed by atoms with Crippen LogP contribution in [0.5, 0.6) is 0 Å². The molecule has 3 nitrogen and oxygen atoms in total. The number of unbranched alkanes of at least 4 members (excludes halogenated alkanes) is 1. The molecule has 0 radical (unpaired) electrons. The van der Waals surface area contributed by atoms with Crippen LogP contribution in [0.25, 0.3) is 0 Å². The Labute approximate surface area is 118 Å². The van der Waals surface area contributed by atoms with Crippen LogP contribution >= 0.6 is 23.2 Å². The number of amides is 1. The predicted molar refractivity (Wildman–Crippen MR) is 76.3 cm³/mol. The SMILES string of the molecule is CCCCC(CN)NC(=O)c1cc(Cl)ccc1Cl. The smallest absolute Gasteiger partial charge is 0.253 e. The fourth-order valence-electron chi connectivity index (χ4n) is 1.63. The van der Waals surface area contributed by atoms with Crippen molar-refractivity contribution in [2.45, 2.75) is 32.2 Å². The van der Waals surface area contributed by atoms with E-state index >= 15 is 0 Å². The Hall–Kier alpha value is -0.770. The zero-order valence-electron chi connectivity index (χ0n) is 10.4. The summed E-state index contributed by atoms with van der Waals surface area (Å²) >= 11 is 11.8. The van der Waals surface area contributed by atoms with Gasteiger partial charge in [-0.3, -0.25) is 4.79 Å². The predicted octanol–water partition coefficient (Wildman–Crippen LogP) is 3.24. The van der Waals surface area contributed by atoms with E-state index in [4.69, 9.17) is 28.9 Å². The van der Waals surface area contributed by atoms with Crippen LogP contribution in [0.15, 0.2) is 18.2 Å². The fourth-order valence-corrected chi connectivity index (χ4v) is 2.01. The number of nitrogens with one attached hydrogen (secondary N) is 1. The lowest BCUT2D eigenvalue weighted by Crippen LogP contribution is -2.40. The Morgan fingerprint density at radius 3 is 2.78 bits per heavy atom. The van der Waals surface area contributed by atoms with Crippen molar-refractivity contribution in [1.29, 1.82) is 0 Å². The van der Waals surface area contributed by atoms with Gasteiger partial charge in [0.1, 0.15) is 0 Å². The maximum atomic E-state index is 12.0. The molecular formula is C13H18Cl2N2O. The molecule has 3 N–H and O–H groups in total. The van der Waals surface area contributed by atoms with Crippen molar-refractivity contribution >= 4 is 29.1 Å². The summed E-state index contributed by atoms with van der Waals surface area (Å²) in [6.07, 6.45) is 2.98. The van der Waals surface area contributed by atoms with Crippen LogP contribution in [0.2, 0.25) is 10.0 Å². The van der Waals surface area contributed by atoms with Crippen molar-refractivity contribution in [2.75, 3.05) is 6.54 Å². The molecule has 5 heteroatoms. The molecule has 1 atom stereocenters. The summed E-state index contributed by atoms with van der Waals surface area (Å²) < 4.78 is 0. The van der Waals surface area contributed by atoms with E-state index < -0.39 is 0 Å². The van der Waals surface area contributed by atoms with Crippen molar-refractivity contribution < 1.29 is 4.79 Å². The second-order valence-corrected chi connectivity index (χ2v) is 5.02. The first-order chi connectivity index (χ1) is 8.58. The molecule has 0 saturated carbocycles. The fraction of sp³-hybridized carbons (Fsp3) is 0.462. The third-order valence-electron chi connectivity index (χ3n) is 2.70. The molecule has 1 aromatic carbocycles. The van der Waals surface area contributed by atoms with E-state index in [0.717, 1.165) is 19.3 Å². The number of nitrogens with two attached hydrogens (primary N) is 1. The molecule has 0 heterocycles. The lowest BCUT2D eigenvalue weighted by molar-refractivity contribution is 0.0936. The van der Waals surface area contributed by atoms with E-state index in [1.165, 1.54) is 0 Å². The molecule has 100 valence electrons. The summed E-state index contributed by atoms with van der Waals surface area (Å²) in [4.78, 5) is 12.0. The summed E-state index contributed by atoms with van der Waals surface area (Å²) in [6, 6.07) is 4.81. The highest BCUT2D eigenvalue weighted by atomic mass is 35.5. The maximum Gasteiger partial charge on any atom is 0.253 e. The first kappa shape index (κ1) is 15.3. The average molecular weight is 289 g/mol. The minimum Gasteiger partial charge on any atom is -0.348 e. The Balaban J connectivity index is 2.71. The molecule has 0 fully saturated rings. The van der Waals surface area contributed by atoms with Crippen LogP contribution in [0, 0.1) is 0 Å². The molecular weight excluding hydrogens is 271 g/mol. The Morgan fingerprint density at radius 1 is 1.44 bits per heavy atom. The Morgan fingerprint density at radius 2 is 2.17 bits per heavy atom. The molecule has 0 saturated heterocycles. The van der Waals surface area contributed by atoms with Crippen molar-refractivity contribution in [3.05, 3.63) is 33.8 Å². The third-order valence-corrected chi connectivity index (χ3v) is 3.26. The van der Waals surface area contributed by atoms with Gasteiger partial charge in [-0.2, -0.15) is 0 Å². The summed E-state index contributed by atoms with van der Waals surface area (Å²) in [7, 11) is 0. The topological polar surface area (TPSA) is 55.1 Å². The van der Waals surface area contributed by atoms with Crippen LogP contribution < -0.4 is 11.1 Å². The lowest BCUT2D eigenvalue weighted by atomic mass is 10.1. The second-order valence-electron chi connectivity index (χ2n) is 4.17. The van der Waals surface area contributed by atoms with Gasteiger partial charge in [-0.25, -0.2) is 0 Å². The van der Waals surface area contributed by atoms with Crippen LogP contribution in [-0.4, -0.2) is 18.5 Å². The van der Waals surface area contributed by atoms with E-state index in [2.05, 4.69) is 12.2 Å². The largest absolute Gasteiger partial charge is 0.348 e. The highest BCUT2D eigenvalue weighted by Crippen LogP contribution is 2.20. The molecule has 1 unspecified atom stereocenters. The minimum absolute atomic E-state index is 0.0208. The minimum atomic E-state index is -0.228. The van der Waals surface area contributed by atoms with Crippen LogP contribution in [0.1, 0.15) is 36.5 Å². The standard InChI is InChI=1S/C13H18Cl2N2O/c1-2-3-4-10(8-16)17-13(18)11-7-9(14)5-6-12(11)15/h5-7,10H,2-4,8,16H2,1H3,(H,17,18). The summed E-state index contributed by atoms with van der Waals surface area (Å²) in [5, 5.41) is 3.76. The monoisotopic (exact) mass is 288 g/mol. The normalized spacial score (nSPS) is 12.2. The van der Waals surface area contributed by atoms with Gasteiger partial charge in [-0.15, -0.1) is 0 Å². The first-order valence-electron chi connectivity index (χ1n) is 6.04. The highest BCUT2D eigenvalue weighted by Gasteiger charge is 2.15. The van der Waals surface area contributed by atoms with Gasteiger partial charge in [0.15, 0.2) is 0 Å². The summed E-state index contributed by atoms with van der Waals surface area (Å²) in [6.45, 7) is 2.52. The van der Waals surface area contributed by atoms with Crippen molar-refractivity contribution in [3.63, 3.8) is 0 Å². The van der Waals surface area contributed by atoms with Gasteiger partial charge in [0.05, 0.1) is 10.6 Å². The summed E-state index contributed by atoms with van der Waals surface area (Å²) in [5.41, 5.74) is 6.02. The van der Waals surface area contributed by atoms with Crippen LogP contribution in [0.3, 0.4) is 0 Å². The van der Waals surface area contributed by atoms with E-state index in [1.807, 2.05) is 0 Å². The zero-order chi connectivity index (χ0) is 13.5. The molecule has 0 aromatic heterocycles. The number of halogens is 2. The van der Waals surface area contributed by atoms with Gasteiger partial charge in [0, 0.05) is 17.6 Å². The number of carbonyl (C=O) groups is 1. The molecule has 0 aliphatic carbocycles. The van der Waals surface area contributed by atoms with Gasteiger partial charge in [-0.1, -0.05) is 43.0 Å². The van der Waals surface area contributed by atoms with Gasteiger partial charge in [0.25, 0.3) is 5.91 Å². The van der Waals surface area contributed by atoms with Gasteiger partial charge in [0.2, 0.25) is 0 Å². The zero-order valence-corrected chi connectivity index (χ0v) is 11.9.